The van der Waals surface area contributed by atoms with E-state index in [1.165, 1.54) is 21.8 Å². The van der Waals surface area contributed by atoms with Crippen molar-refractivity contribution in [2.75, 3.05) is 18.1 Å². The molecule has 0 N–H and O–H groups in total. The van der Waals surface area contributed by atoms with Gasteiger partial charge in [-0.05, 0) is 49.6 Å². The molecule has 2 heterocycles. The highest BCUT2D eigenvalue weighted by molar-refractivity contribution is 7.91. The molecular formula is C25H30N2O3S. The molecule has 164 valence electrons. The van der Waals surface area contributed by atoms with Gasteiger partial charge < -0.3 is 9.47 Å². The lowest BCUT2D eigenvalue weighted by Gasteiger charge is -2.27. The lowest BCUT2D eigenvalue weighted by atomic mass is 10.1. The quantitative estimate of drug-likeness (QED) is 0.505. The predicted octanol–water partition coefficient (Wildman–Crippen LogP) is 4.64. The summed E-state index contributed by atoms with van der Waals surface area (Å²) in [6, 6.07) is 14.4. The molecule has 1 fully saturated rings. The molecule has 0 radical (unpaired) electrons. The van der Waals surface area contributed by atoms with Crippen molar-refractivity contribution in [2.24, 2.45) is 0 Å². The van der Waals surface area contributed by atoms with E-state index >= 15 is 0 Å². The van der Waals surface area contributed by atoms with Crippen molar-refractivity contribution in [1.82, 2.24) is 9.47 Å². The molecular weight excluding hydrogens is 408 g/mol. The number of rotatable bonds is 7. The first kappa shape index (κ1) is 21.6. The van der Waals surface area contributed by atoms with E-state index in [4.69, 9.17) is 0 Å². The fourth-order valence-corrected chi connectivity index (χ4v) is 6.33. The van der Waals surface area contributed by atoms with Crippen molar-refractivity contribution in [3.63, 3.8) is 0 Å². The Morgan fingerprint density at radius 3 is 2.61 bits per heavy atom. The van der Waals surface area contributed by atoms with Crippen molar-refractivity contribution in [1.29, 1.82) is 0 Å². The Bertz CT molecular complexity index is 1240. The summed E-state index contributed by atoms with van der Waals surface area (Å²) in [5, 5.41) is 2.39. The number of unbranched alkanes of at least 4 members (excludes halogenated alkanes) is 1. The highest BCUT2D eigenvalue weighted by Gasteiger charge is 2.33. The van der Waals surface area contributed by atoms with Crippen molar-refractivity contribution in [3.05, 3.63) is 54.1 Å². The van der Waals surface area contributed by atoms with Crippen LogP contribution in [0.5, 0.6) is 0 Å². The zero-order chi connectivity index (χ0) is 22.0. The molecule has 0 saturated carbocycles. The summed E-state index contributed by atoms with van der Waals surface area (Å²) in [6.07, 6.45) is 5.82. The molecule has 3 aromatic rings. The lowest BCUT2D eigenvalue weighted by Crippen LogP contribution is -2.40. The second kappa shape index (κ2) is 8.87. The number of carbonyl (C=O) groups is 1. The molecule has 1 aromatic heterocycles. The molecule has 0 bridgehead atoms. The number of benzene rings is 2. The first-order chi connectivity index (χ1) is 14.9. The topological polar surface area (TPSA) is 59.4 Å². The van der Waals surface area contributed by atoms with Crippen LogP contribution in [0.15, 0.2) is 48.5 Å². The Labute approximate surface area is 184 Å². The van der Waals surface area contributed by atoms with Gasteiger partial charge in [0.05, 0.1) is 11.5 Å². The molecule has 1 amide bonds. The molecule has 0 spiro atoms. The van der Waals surface area contributed by atoms with Crippen LogP contribution in [0.1, 0.15) is 38.7 Å². The monoisotopic (exact) mass is 438 g/mol. The van der Waals surface area contributed by atoms with Gasteiger partial charge in [-0.25, -0.2) is 8.42 Å². The summed E-state index contributed by atoms with van der Waals surface area (Å²) >= 11 is 0. The normalized spacial score (nSPS) is 18.3. The van der Waals surface area contributed by atoms with Crippen molar-refractivity contribution >= 4 is 43.6 Å². The highest BCUT2D eigenvalue weighted by Crippen LogP contribution is 2.30. The zero-order valence-corrected chi connectivity index (χ0v) is 19.1. The van der Waals surface area contributed by atoms with Gasteiger partial charge in [-0.2, -0.15) is 0 Å². The third-order valence-electron chi connectivity index (χ3n) is 6.22. The van der Waals surface area contributed by atoms with E-state index in [2.05, 4.69) is 54.8 Å². The van der Waals surface area contributed by atoms with E-state index < -0.39 is 9.84 Å². The Morgan fingerprint density at radius 1 is 1.13 bits per heavy atom. The Hall–Kier alpha value is -2.60. The van der Waals surface area contributed by atoms with E-state index in [1.54, 1.807) is 11.0 Å². The molecule has 1 saturated heterocycles. The summed E-state index contributed by atoms with van der Waals surface area (Å²) in [6.45, 7) is 5.72. The van der Waals surface area contributed by atoms with Gasteiger partial charge in [-0.15, -0.1) is 0 Å². The summed E-state index contributed by atoms with van der Waals surface area (Å²) in [4.78, 5) is 14.7. The van der Waals surface area contributed by atoms with Gasteiger partial charge >= 0.3 is 0 Å². The number of aromatic nitrogens is 1. The van der Waals surface area contributed by atoms with Crippen molar-refractivity contribution in [2.45, 2.75) is 45.7 Å². The first-order valence-corrected chi connectivity index (χ1v) is 13.0. The van der Waals surface area contributed by atoms with Gasteiger partial charge in [-0.3, -0.25) is 4.79 Å². The predicted molar refractivity (Wildman–Crippen MR) is 128 cm³/mol. The fourth-order valence-electron chi connectivity index (χ4n) is 4.60. The van der Waals surface area contributed by atoms with Crippen molar-refractivity contribution < 1.29 is 13.2 Å². The minimum Gasteiger partial charge on any atom is -0.341 e. The molecule has 31 heavy (non-hydrogen) atoms. The van der Waals surface area contributed by atoms with Gasteiger partial charge in [0.15, 0.2) is 9.84 Å². The average Bonchev–Trinajstić information content (AvgIpc) is 3.28. The third-order valence-corrected chi connectivity index (χ3v) is 7.97. The molecule has 5 nitrogen and oxygen atoms in total. The number of hydrogen-bond acceptors (Lipinski definition) is 3. The Balaban J connectivity index is 1.61. The number of fused-ring (bicyclic) bond motifs is 3. The van der Waals surface area contributed by atoms with Crippen LogP contribution in [0.25, 0.3) is 27.9 Å². The van der Waals surface area contributed by atoms with Crippen LogP contribution < -0.4 is 0 Å². The second-order valence-electron chi connectivity index (χ2n) is 8.31. The molecule has 4 rings (SSSR count). The summed E-state index contributed by atoms with van der Waals surface area (Å²) < 4.78 is 26.1. The number of aryl methyl sites for hydroxylation is 1. The van der Waals surface area contributed by atoms with Crippen LogP contribution in [0.2, 0.25) is 0 Å². The SMILES string of the molecule is CCCCN(C(=O)/C=C/c1ccc2c(c1)c1ccccc1n2CC)C1CCS(=O)(=O)C1. The number of amides is 1. The lowest BCUT2D eigenvalue weighted by molar-refractivity contribution is -0.127. The number of hydrogen-bond donors (Lipinski definition) is 0. The van der Waals surface area contributed by atoms with Crippen molar-refractivity contribution in [3.8, 4) is 0 Å². The third kappa shape index (κ3) is 4.40. The van der Waals surface area contributed by atoms with E-state index in [-0.39, 0.29) is 23.5 Å². The minimum atomic E-state index is -3.03. The molecule has 1 aliphatic heterocycles. The van der Waals surface area contributed by atoms with Crippen LogP contribution in [0.3, 0.4) is 0 Å². The number of nitrogens with zero attached hydrogens (tertiary/aromatic N) is 2. The van der Waals surface area contributed by atoms with Gasteiger partial charge in [0.2, 0.25) is 5.91 Å². The summed E-state index contributed by atoms with van der Waals surface area (Å²) in [5.41, 5.74) is 3.37. The van der Waals surface area contributed by atoms with Gasteiger partial charge in [-0.1, -0.05) is 37.6 Å². The fraction of sp³-hybridized carbons (Fsp3) is 0.400. The smallest absolute Gasteiger partial charge is 0.246 e. The van der Waals surface area contributed by atoms with Crippen LogP contribution in [0.4, 0.5) is 0 Å². The maximum absolute atomic E-state index is 13.0. The van der Waals surface area contributed by atoms with E-state index in [1.807, 2.05) is 12.1 Å². The van der Waals surface area contributed by atoms with E-state index in [9.17, 15) is 13.2 Å². The first-order valence-electron chi connectivity index (χ1n) is 11.1. The Morgan fingerprint density at radius 2 is 1.90 bits per heavy atom. The van der Waals surface area contributed by atoms with E-state index in [0.29, 0.717) is 13.0 Å². The van der Waals surface area contributed by atoms with Gasteiger partial charge in [0, 0.05) is 47.0 Å². The van der Waals surface area contributed by atoms with Crippen LogP contribution in [-0.2, 0) is 21.2 Å². The molecule has 1 atom stereocenters. The standard InChI is InChI=1S/C25H30N2O3S/c1-3-5-15-27(20-14-16-31(29,30)18-20)25(28)13-11-19-10-12-24-22(17-19)21-8-6-7-9-23(21)26(24)4-2/h6-13,17,20H,3-5,14-16,18H2,1-2H3/b13-11+. The summed E-state index contributed by atoms with van der Waals surface area (Å²) in [5.74, 6) is 0.153. The minimum absolute atomic E-state index is 0.0821. The largest absolute Gasteiger partial charge is 0.341 e. The van der Waals surface area contributed by atoms with Crippen LogP contribution >= 0.6 is 0 Å². The summed E-state index contributed by atoms with van der Waals surface area (Å²) in [7, 11) is -3.03. The second-order valence-corrected chi connectivity index (χ2v) is 10.5. The number of sulfone groups is 1. The molecule has 2 aromatic carbocycles. The maximum Gasteiger partial charge on any atom is 0.246 e. The van der Waals surface area contributed by atoms with Crippen LogP contribution in [0, 0.1) is 0 Å². The molecule has 1 unspecified atom stereocenters. The number of carbonyl (C=O) groups excluding carboxylic acids is 1. The van der Waals surface area contributed by atoms with Crippen LogP contribution in [-0.4, -0.2) is 47.9 Å². The maximum atomic E-state index is 13.0. The number of para-hydroxylation sites is 1. The highest BCUT2D eigenvalue weighted by atomic mass is 32.2. The Kier molecular flexibility index (Phi) is 6.19. The molecule has 1 aliphatic rings. The van der Waals surface area contributed by atoms with E-state index in [0.717, 1.165) is 24.9 Å². The zero-order valence-electron chi connectivity index (χ0n) is 18.3. The van der Waals surface area contributed by atoms with Gasteiger partial charge in [0.1, 0.15) is 0 Å². The molecule has 0 aliphatic carbocycles. The average molecular weight is 439 g/mol. The molecule has 6 heteroatoms. The van der Waals surface area contributed by atoms with Gasteiger partial charge in [0.25, 0.3) is 0 Å².